The molecule has 0 aromatic heterocycles. The van der Waals surface area contributed by atoms with Crippen LogP contribution in [0.15, 0.2) is 0 Å². The molecule has 4 nitrogen and oxygen atoms in total. The van der Waals surface area contributed by atoms with Gasteiger partial charge in [0.1, 0.15) is 0 Å². The van der Waals surface area contributed by atoms with E-state index in [1.807, 2.05) is 6.92 Å². The number of carbonyl (C=O) groups is 1. The quantitative estimate of drug-likeness (QED) is 0.609. The standard InChI is InChI=1S/C8H16N2O2.ClH/c1-8(10-7(11)12)4-2-3-6(9)5-8;/h6,10H,2-5,9H2,1H3,(H,11,12);1H/t6-,8+;/m1./s1. The highest BCUT2D eigenvalue weighted by atomic mass is 35.5. The van der Waals surface area contributed by atoms with E-state index in [4.69, 9.17) is 10.8 Å². The van der Waals surface area contributed by atoms with Gasteiger partial charge in [0.15, 0.2) is 0 Å². The van der Waals surface area contributed by atoms with E-state index in [0.29, 0.717) is 0 Å². The van der Waals surface area contributed by atoms with Crippen molar-refractivity contribution in [2.45, 2.75) is 44.2 Å². The summed E-state index contributed by atoms with van der Waals surface area (Å²) >= 11 is 0. The number of halogens is 1. The van der Waals surface area contributed by atoms with Gasteiger partial charge in [-0.3, -0.25) is 0 Å². The average Bonchev–Trinajstić information content (AvgIpc) is 1.82. The van der Waals surface area contributed by atoms with Crippen LogP contribution in [0.4, 0.5) is 4.79 Å². The Morgan fingerprint density at radius 3 is 2.77 bits per heavy atom. The van der Waals surface area contributed by atoms with Crippen LogP contribution in [0.2, 0.25) is 0 Å². The second-order valence-electron chi connectivity index (χ2n) is 3.85. The van der Waals surface area contributed by atoms with E-state index in [1.54, 1.807) is 0 Å². The third kappa shape index (κ3) is 3.83. The molecule has 13 heavy (non-hydrogen) atoms. The van der Waals surface area contributed by atoms with E-state index in [1.165, 1.54) is 0 Å². The molecule has 2 atom stereocenters. The van der Waals surface area contributed by atoms with Crippen LogP contribution in [0.25, 0.3) is 0 Å². The first-order chi connectivity index (χ1) is 5.52. The third-order valence-electron chi connectivity index (χ3n) is 2.42. The Bertz CT molecular complexity index is 189. The van der Waals surface area contributed by atoms with Crippen LogP contribution in [0.1, 0.15) is 32.6 Å². The van der Waals surface area contributed by atoms with Crippen LogP contribution in [0.3, 0.4) is 0 Å². The first-order valence-corrected chi connectivity index (χ1v) is 4.28. The fourth-order valence-corrected chi connectivity index (χ4v) is 1.91. The van der Waals surface area contributed by atoms with Gasteiger partial charge in [-0.1, -0.05) is 0 Å². The van der Waals surface area contributed by atoms with Crippen molar-refractivity contribution in [3.63, 3.8) is 0 Å². The number of hydrogen-bond acceptors (Lipinski definition) is 2. The lowest BCUT2D eigenvalue weighted by Gasteiger charge is -2.36. The highest BCUT2D eigenvalue weighted by Gasteiger charge is 2.31. The fourth-order valence-electron chi connectivity index (χ4n) is 1.91. The van der Waals surface area contributed by atoms with Crippen LogP contribution < -0.4 is 11.1 Å². The van der Waals surface area contributed by atoms with Gasteiger partial charge in [0, 0.05) is 11.6 Å². The molecule has 0 bridgehead atoms. The van der Waals surface area contributed by atoms with Crippen LogP contribution >= 0.6 is 12.4 Å². The first-order valence-electron chi connectivity index (χ1n) is 4.28. The number of nitrogens with one attached hydrogen (secondary N) is 1. The monoisotopic (exact) mass is 208 g/mol. The van der Waals surface area contributed by atoms with E-state index in [9.17, 15) is 4.79 Å². The largest absolute Gasteiger partial charge is 0.465 e. The van der Waals surface area contributed by atoms with Gasteiger partial charge in [0.2, 0.25) is 0 Å². The molecule has 0 unspecified atom stereocenters. The molecule has 1 aliphatic carbocycles. The number of hydrogen-bond donors (Lipinski definition) is 3. The summed E-state index contributed by atoms with van der Waals surface area (Å²) in [5.74, 6) is 0. The second-order valence-corrected chi connectivity index (χ2v) is 3.85. The highest BCUT2D eigenvalue weighted by molar-refractivity contribution is 5.85. The van der Waals surface area contributed by atoms with Gasteiger partial charge in [0.25, 0.3) is 0 Å². The Labute approximate surface area is 84.3 Å². The van der Waals surface area contributed by atoms with E-state index >= 15 is 0 Å². The molecule has 1 saturated carbocycles. The summed E-state index contributed by atoms with van der Waals surface area (Å²) in [6.45, 7) is 1.92. The minimum absolute atomic E-state index is 0. The zero-order valence-corrected chi connectivity index (χ0v) is 8.56. The Hall–Kier alpha value is -0.480. The zero-order chi connectivity index (χ0) is 9.19. The molecule has 0 aromatic rings. The number of carboxylic acid groups (broad SMARTS) is 1. The smallest absolute Gasteiger partial charge is 0.405 e. The van der Waals surface area contributed by atoms with Crippen LogP contribution in [0, 0.1) is 0 Å². The van der Waals surface area contributed by atoms with Gasteiger partial charge in [-0.2, -0.15) is 0 Å². The zero-order valence-electron chi connectivity index (χ0n) is 7.75. The second kappa shape index (κ2) is 4.67. The SMILES string of the molecule is C[C@]1(NC(=O)O)CCC[C@@H](N)C1.Cl. The Kier molecular flexibility index (Phi) is 4.50. The molecular weight excluding hydrogens is 192 g/mol. The van der Waals surface area contributed by atoms with Crippen molar-refractivity contribution >= 4 is 18.5 Å². The summed E-state index contributed by atoms with van der Waals surface area (Å²) in [6, 6.07) is 0.149. The molecule has 4 N–H and O–H groups in total. The molecular formula is C8H17ClN2O2. The number of rotatable bonds is 1. The molecule has 0 heterocycles. The van der Waals surface area contributed by atoms with Gasteiger partial charge >= 0.3 is 6.09 Å². The van der Waals surface area contributed by atoms with Gasteiger partial charge in [-0.15, -0.1) is 12.4 Å². The lowest BCUT2D eigenvalue weighted by atomic mass is 9.81. The highest BCUT2D eigenvalue weighted by Crippen LogP contribution is 2.26. The van der Waals surface area contributed by atoms with Crippen molar-refractivity contribution in [1.29, 1.82) is 0 Å². The van der Waals surface area contributed by atoms with Crippen LogP contribution in [0.5, 0.6) is 0 Å². The summed E-state index contributed by atoms with van der Waals surface area (Å²) in [5, 5.41) is 11.1. The average molecular weight is 209 g/mol. The van der Waals surface area contributed by atoms with Crippen LogP contribution in [-0.4, -0.2) is 22.8 Å². The minimum atomic E-state index is -0.952. The van der Waals surface area contributed by atoms with E-state index in [2.05, 4.69) is 5.32 Å². The van der Waals surface area contributed by atoms with Gasteiger partial charge in [0.05, 0.1) is 0 Å². The maximum Gasteiger partial charge on any atom is 0.405 e. The fraction of sp³-hybridized carbons (Fsp3) is 0.875. The lowest BCUT2D eigenvalue weighted by Crippen LogP contribution is -2.51. The lowest BCUT2D eigenvalue weighted by molar-refractivity contribution is 0.164. The van der Waals surface area contributed by atoms with Crippen molar-refractivity contribution in [1.82, 2.24) is 5.32 Å². The van der Waals surface area contributed by atoms with Crippen LogP contribution in [-0.2, 0) is 0 Å². The van der Waals surface area contributed by atoms with Gasteiger partial charge in [-0.05, 0) is 32.6 Å². The molecule has 1 aliphatic rings. The Morgan fingerprint density at radius 1 is 1.69 bits per heavy atom. The van der Waals surface area contributed by atoms with E-state index in [0.717, 1.165) is 25.7 Å². The summed E-state index contributed by atoms with van der Waals surface area (Å²) in [7, 11) is 0. The van der Waals surface area contributed by atoms with Crippen molar-refractivity contribution in [2.24, 2.45) is 5.73 Å². The van der Waals surface area contributed by atoms with E-state index < -0.39 is 6.09 Å². The number of nitrogens with two attached hydrogens (primary N) is 1. The van der Waals surface area contributed by atoms with E-state index in [-0.39, 0.29) is 24.0 Å². The molecule has 1 rings (SSSR count). The molecule has 1 fully saturated rings. The van der Waals surface area contributed by atoms with Crippen molar-refractivity contribution < 1.29 is 9.90 Å². The molecule has 0 spiro atoms. The number of amides is 1. The summed E-state index contributed by atoms with van der Waals surface area (Å²) in [6.07, 6.45) is 2.72. The minimum Gasteiger partial charge on any atom is -0.465 e. The van der Waals surface area contributed by atoms with Gasteiger partial charge in [-0.25, -0.2) is 4.79 Å². The molecule has 0 radical (unpaired) electrons. The molecule has 0 aliphatic heterocycles. The molecule has 0 aromatic carbocycles. The maximum absolute atomic E-state index is 10.4. The first kappa shape index (κ1) is 12.5. The Morgan fingerprint density at radius 2 is 2.31 bits per heavy atom. The summed E-state index contributed by atoms with van der Waals surface area (Å²) in [5.41, 5.74) is 5.45. The maximum atomic E-state index is 10.4. The van der Waals surface area contributed by atoms with Gasteiger partial charge < -0.3 is 16.2 Å². The molecule has 5 heteroatoms. The summed E-state index contributed by atoms with van der Waals surface area (Å²) < 4.78 is 0. The molecule has 0 saturated heterocycles. The van der Waals surface area contributed by atoms with Crippen molar-refractivity contribution in [3.05, 3.63) is 0 Å². The third-order valence-corrected chi connectivity index (χ3v) is 2.42. The summed E-state index contributed by atoms with van der Waals surface area (Å²) in [4.78, 5) is 10.4. The molecule has 1 amide bonds. The predicted octanol–water partition coefficient (Wildman–Crippen LogP) is 1.34. The van der Waals surface area contributed by atoms with Crippen molar-refractivity contribution in [3.8, 4) is 0 Å². The van der Waals surface area contributed by atoms with Crippen molar-refractivity contribution in [2.75, 3.05) is 0 Å². The normalized spacial score (nSPS) is 33.2. The topological polar surface area (TPSA) is 75.3 Å². The predicted molar refractivity (Wildman–Crippen MR) is 53.3 cm³/mol. The molecule has 78 valence electrons. The Balaban J connectivity index is 0.00000144.